The van der Waals surface area contributed by atoms with Crippen molar-refractivity contribution in [1.29, 1.82) is 0 Å². The van der Waals surface area contributed by atoms with Crippen LogP contribution in [0, 0.1) is 0 Å². The van der Waals surface area contributed by atoms with Gasteiger partial charge in [-0.15, -0.1) is 0 Å². The van der Waals surface area contributed by atoms with Crippen LogP contribution in [0.2, 0.25) is 0 Å². The van der Waals surface area contributed by atoms with Crippen molar-refractivity contribution in [3.63, 3.8) is 0 Å². The Labute approximate surface area is 92.8 Å². The van der Waals surface area contributed by atoms with Crippen molar-refractivity contribution >= 4 is 11.4 Å². The van der Waals surface area contributed by atoms with Gasteiger partial charge in [0, 0.05) is 16.9 Å². The molecule has 0 radical (unpaired) electrons. The summed E-state index contributed by atoms with van der Waals surface area (Å²) in [6.07, 6.45) is 0. The van der Waals surface area contributed by atoms with E-state index in [0.29, 0.717) is 22.5 Å². The van der Waals surface area contributed by atoms with Crippen LogP contribution in [0.3, 0.4) is 0 Å². The normalized spacial score (nSPS) is 10.2. The minimum Gasteiger partial charge on any atom is -0.507 e. The molecular formula is C12H12N2O2. The molecule has 2 aromatic carbocycles. The molecule has 4 nitrogen and oxygen atoms in total. The molecular weight excluding hydrogens is 204 g/mol. The summed E-state index contributed by atoms with van der Waals surface area (Å²) < 4.78 is 0. The first-order chi connectivity index (χ1) is 7.59. The van der Waals surface area contributed by atoms with Crippen molar-refractivity contribution in [3.8, 4) is 22.6 Å². The molecule has 4 heteroatoms. The molecule has 2 rings (SSSR count). The minimum absolute atomic E-state index is 0.0147. The van der Waals surface area contributed by atoms with Crippen molar-refractivity contribution < 1.29 is 10.2 Å². The van der Waals surface area contributed by atoms with Crippen LogP contribution in [0.25, 0.3) is 11.1 Å². The zero-order valence-corrected chi connectivity index (χ0v) is 8.51. The van der Waals surface area contributed by atoms with E-state index in [1.165, 1.54) is 12.1 Å². The second kappa shape index (κ2) is 3.66. The van der Waals surface area contributed by atoms with Crippen molar-refractivity contribution in [1.82, 2.24) is 0 Å². The van der Waals surface area contributed by atoms with Gasteiger partial charge in [0.2, 0.25) is 0 Å². The molecule has 0 spiro atoms. The number of anilines is 2. The van der Waals surface area contributed by atoms with Crippen LogP contribution in [-0.4, -0.2) is 10.2 Å². The second-order valence-corrected chi connectivity index (χ2v) is 3.52. The van der Waals surface area contributed by atoms with E-state index < -0.39 is 0 Å². The molecule has 0 atom stereocenters. The number of rotatable bonds is 1. The first-order valence-electron chi connectivity index (χ1n) is 4.76. The Morgan fingerprint density at radius 3 is 2.31 bits per heavy atom. The Hall–Kier alpha value is -2.36. The van der Waals surface area contributed by atoms with E-state index in [0.717, 1.165) is 0 Å². The fraction of sp³-hybridized carbons (Fsp3) is 0. The second-order valence-electron chi connectivity index (χ2n) is 3.52. The molecule has 0 fully saturated rings. The molecule has 0 aromatic heterocycles. The lowest BCUT2D eigenvalue weighted by Gasteiger charge is -2.10. The highest BCUT2D eigenvalue weighted by molar-refractivity contribution is 5.86. The van der Waals surface area contributed by atoms with Crippen LogP contribution in [0.15, 0.2) is 36.4 Å². The Bertz CT molecular complexity index is 518. The molecule has 0 heterocycles. The topological polar surface area (TPSA) is 92.5 Å². The van der Waals surface area contributed by atoms with Crippen molar-refractivity contribution in [3.05, 3.63) is 36.4 Å². The van der Waals surface area contributed by atoms with E-state index >= 15 is 0 Å². The van der Waals surface area contributed by atoms with Crippen LogP contribution in [0.4, 0.5) is 11.4 Å². The highest BCUT2D eigenvalue weighted by Gasteiger charge is 2.12. The maximum atomic E-state index is 9.73. The Balaban J connectivity index is 2.72. The van der Waals surface area contributed by atoms with Gasteiger partial charge in [0.25, 0.3) is 0 Å². The number of aromatic hydroxyl groups is 2. The summed E-state index contributed by atoms with van der Waals surface area (Å²) in [5.41, 5.74) is 13.1. The molecule has 0 unspecified atom stereocenters. The number of hydrogen-bond acceptors (Lipinski definition) is 4. The molecule has 0 aliphatic carbocycles. The number of benzene rings is 2. The molecule has 0 amide bonds. The molecule has 16 heavy (non-hydrogen) atoms. The van der Waals surface area contributed by atoms with Crippen LogP contribution in [0.5, 0.6) is 11.5 Å². The number of nitrogens with two attached hydrogens (primary N) is 2. The van der Waals surface area contributed by atoms with Gasteiger partial charge in [0.1, 0.15) is 11.5 Å². The van der Waals surface area contributed by atoms with E-state index in [1.54, 1.807) is 24.3 Å². The molecule has 2 aromatic rings. The lowest BCUT2D eigenvalue weighted by Crippen LogP contribution is -1.92. The third kappa shape index (κ3) is 1.61. The number of phenols is 2. The van der Waals surface area contributed by atoms with Gasteiger partial charge in [-0.05, 0) is 30.3 Å². The highest BCUT2D eigenvalue weighted by atomic mass is 16.3. The Morgan fingerprint density at radius 2 is 1.62 bits per heavy atom. The average molecular weight is 216 g/mol. The van der Waals surface area contributed by atoms with E-state index in [-0.39, 0.29) is 11.5 Å². The van der Waals surface area contributed by atoms with E-state index in [4.69, 9.17) is 11.5 Å². The van der Waals surface area contributed by atoms with Crippen molar-refractivity contribution in [2.75, 3.05) is 11.5 Å². The van der Waals surface area contributed by atoms with Crippen LogP contribution in [-0.2, 0) is 0 Å². The molecule has 0 aliphatic heterocycles. The van der Waals surface area contributed by atoms with Gasteiger partial charge in [-0.2, -0.15) is 0 Å². The molecule has 0 bridgehead atoms. The minimum atomic E-state index is 0.0147. The predicted octanol–water partition coefficient (Wildman–Crippen LogP) is 1.93. The first-order valence-corrected chi connectivity index (χ1v) is 4.76. The maximum Gasteiger partial charge on any atom is 0.125 e. The van der Waals surface area contributed by atoms with Crippen molar-refractivity contribution in [2.24, 2.45) is 0 Å². The largest absolute Gasteiger partial charge is 0.507 e. The smallest absolute Gasteiger partial charge is 0.125 e. The number of phenolic OH excluding ortho intramolecular Hbond substituents is 2. The van der Waals surface area contributed by atoms with E-state index in [9.17, 15) is 10.2 Å². The van der Waals surface area contributed by atoms with Crippen molar-refractivity contribution in [2.45, 2.75) is 0 Å². The predicted molar refractivity (Wildman–Crippen MR) is 64.0 cm³/mol. The quantitative estimate of drug-likeness (QED) is 0.433. The highest BCUT2D eigenvalue weighted by Crippen LogP contribution is 2.39. The average Bonchev–Trinajstić information content (AvgIpc) is 2.23. The van der Waals surface area contributed by atoms with E-state index in [1.807, 2.05) is 0 Å². The van der Waals surface area contributed by atoms with Gasteiger partial charge in [0.15, 0.2) is 0 Å². The summed E-state index contributed by atoms with van der Waals surface area (Å²) in [6, 6.07) is 9.41. The Kier molecular flexibility index (Phi) is 2.32. The van der Waals surface area contributed by atoms with Gasteiger partial charge in [-0.1, -0.05) is 6.07 Å². The van der Waals surface area contributed by atoms with Gasteiger partial charge in [0.05, 0.1) is 5.56 Å². The summed E-state index contributed by atoms with van der Waals surface area (Å²) in [5.74, 6) is 0.0447. The molecule has 6 N–H and O–H groups in total. The van der Waals surface area contributed by atoms with Gasteiger partial charge in [-0.3, -0.25) is 0 Å². The van der Waals surface area contributed by atoms with E-state index in [2.05, 4.69) is 0 Å². The first kappa shape index (κ1) is 10.2. The van der Waals surface area contributed by atoms with Gasteiger partial charge in [-0.25, -0.2) is 0 Å². The lowest BCUT2D eigenvalue weighted by molar-refractivity contribution is 0.469. The summed E-state index contributed by atoms with van der Waals surface area (Å²) in [7, 11) is 0. The summed E-state index contributed by atoms with van der Waals surface area (Å²) in [4.78, 5) is 0. The van der Waals surface area contributed by atoms with Crippen LogP contribution in [0.1, 0.15) is 0 Å². The fourth-order valence-electron chi connectivity index (χ4n) is 1.60. The maximum absolute atomic E-state index is 9.73. The number of nitrogen functional groups attached to an aromatic ring is 2. The molecule has 0 saturated carbocycles. The van der Waals surface area contributed by atoms with Gasteiger partial charge < -0.3 is 21.7 Å². The Morgan fingerprint density at radius 1 is 0.875 bits per heavy atom. The lowest BCUT2D eigenvalue weighted by atomic mass is 10.0. The zero-order valence-electron chi connectivity index (χ0n) is 8.51. The fourth-order valence-corrected chi connectivity index (χ4v) is 1.60. The summed E-state index contributed by atoms with van der Waals surface area (Å²) >= 11 is 0. The van der Waals surface area contributed by atoms with Gasteiger partial charge >= 0.3 is 0 Å². The van der Waals surface area contributed by atoms with Crippen LogP contribution < -0.4 is 11.5 Å². The number of hydrogen-bond donors (Lipinski definition) is 4. The molecule has 0 saturated heterocycles. The standard InChI is InChI=1S/C12H12N2O2/c13-7-4-5-10(15)8(6-7)12-9(14)2-1-3-11(12)16/h1-6,15-16H,13-14H2. The molecule has 0 aliphatic rings. The monoisotopic (exact) mass is 216 g/mol. The molecule has 82 valence electrons. The summed E-state index contributed by atoms with van der Waals surface area (Å²) in [5, 5.41) is 19.4. The van der Waals surface area contributed by atoms with Crippen LogP contribution >= 0.6 is 0 Å². The SMILES string of the molecule is Nc1ccc(O)c(-c2c(N)cccc2O)c1. The summed E-state index contributed by atoms with van der Waals surface area (Å²) in [6.45, 7) is 0. The third-order valence-corrected chi connectivity index (χ3v) is 2.36. The third-order valence-electron chi connectivity index (χ3n) is 2.36. The zero-order chi connectivity index (χ0) is 11.7.